The zero-order chi connectivity index (χ0) is 43.4. The van der Waals surface area contributed by atoms with Crippen LogP contribution in [0.15, 0.2) is 132 Å². The minimum absolute atomic E-state index is 0.0315. The van der Waals surface area contributed by atoms with E-state index in [4.69, 9.17) is 4.74 Å². The average Bonchev–Trinajstić information content (AvgIpc) is 3.28. The van der Waals surface area contributed by atoms with Crippen LogP contribution < -0.4 is 21.1 Å². The van der Waals surface area contributed by atoms with Gasteiger partial charge in [-0.25, -0.2) is 4.79 Å². The van der Waals surface area contributed by atoms with Gasteiger partial charge < -0.3 is 35.1 Å². The maximum Gasteiger partial charge on any atom is 0.411 e. The Morgan fingerprint density at radius 2 is 1.58 bits per heavy atom. The number of aromatic nitrogens is 1. The highest BCUT2D eigenvalue weighted by Crippen LogP contribution is 2.32. The summed E-state index contributed by atoms with van der Waals surface area (Å²) in [5.74, 6) is -0.231. The van der Waals surface area contributed by atoms with Crippen molar-refractivity contribution in [2.24, 2.45) is 0 Å². The summed E-state index contributed by atoms with van der Waals surface area (Å²) in [5, 5.41) is 27.5. The standard InChI is InChI=1S/C50H53N5O7/c1-54(48(60)28-31-55-29-26-39(27-30-55)62-50(61)52-43-16-7-6-15-40(43)36-11-3-2-4-12-36)38-14-9-13-37(33-38)51-47(59)32-35-20-18-34(19-21-35)10-5-8-17-44(56)41-22-24-45(57)49-42(41)23-25-46(58)53-49/h2-4,6-7,9,11-16,18-25,33,39,44,56-57H,5,8,10,17,26-32H2,1H3,(H,51,59)(H,52,61)(H,53,58)/t44-/m0/s1. The van der Waals surface area contributed by atoms with Crippen molar-refractivity contribution < 1.29 is 29.3 Å². The van der Waals surface area contributed by atoms with Gasteiger partial charge in [0.1, 0.15) is 11.9 Å². The highest BCUT2D eigenvalue weighted by Gasteiger charge is 2.24. The quantitative estimate of drug-likeness (QED) is 0.0606. The van der Waals surface area contributed by atoms with Gasteiger partial charge in [-0.05, 0) is 90.8 Å². The van der Waals surface area contributed by atoms with Crippen molar-refractivity contribution in [3.63, 3.8) is 0 Å². The van der Waals surface area contributed by atoms with Gasteiger partial charge in [0, 0.05) is 61.5 Å². The van der Waals surface area contributed by atoms with Crippen molar-refractivity contribution in [2.45, 2.75) is 63.6 Å². The molecule has 12 nitrogen and oxygen atoms in total. The largest absolute Gasteiger partial charge is 0.506 e. The SMILES string of the molecule is CN(C(=O)CCN1CCC(OC(=O)Nc2ccccc2-c2ccccc2)CC1)c1cccc(NC(=O)Cc2ccc(CCCC[C@H](O)c3ccc(O)c4[nH]c(=O)ccc34)cc2)c1. The van der Waals surface area contributed by atoms with E-state index in [9.17, 15) is 29.4 Å². The van der Waals surface area contributed by atoms with Gasteiger partial charge in [0.15, 0.2) is 0 Å². The number of carbonyl (C=O) groups excluding carboxylic acids is 3. The van der Waals surface area contributed by atoms with Crippen molar-refractivity contribution in [1.82, 2.24) is 9.88 Å². The summed E-state index contributed by atoms with van der Waals surface area (Å²) < 4.78 is 5.78. The molecule has 1 aromatic heterocycles. The number of nitrogens with zero attached hydrogens (tertiary/aromatic N) is 2. The lowest BCUT2D eigenvalue weighted by molar-refractivity contribution is -0.118. The number of amides is 3. The molecular formula is C50H53N5O7. The first-order valence-corrected chi connectivity index (χ1v) is 21.2. The first-order valence-electron chi connectivity index (χ1n) is 21.2. The average molecular weight is 836 g/mol. The highest BCUT2D eigenvalue weighted by atomic mass is 16.6. The Labute approximate surface area is 361 Å². The number of aromatic amines is 1. The van der Waals surface area contributed by atoms with Crippen LogP contribution in [-0.2, 0) is 27.2 Å². The Balaban J connectivity index is 0.798. The Bertz CT molecular complexity index is 2530. The van der Waals surface area contributed by atoms with Gasteiger partial charge in [0.05, 0.1) is 23.7 Å². The number of para-hydroxylation sites is 1. The second kappa shape index (κ2) is 20.7. The van der Waals surface area contributed by atoms with Crippen LogP contribution in [0, 0.1) is 0 Å². The van der Waals surface area contributed by atoms with Crippen LogP contribution in [0.3, 0.4) is 0 Å². The lowest BCUT2D eigenvalue weighted by Gasteiger charge is -2.31. The maximum absolute atomic E-state index is 13.2. The fourth-order valence-corrected chi connectivity index (χ4v) is 7.95. The molecule has 0 unspecified atom stereocenters. The molecule has 62 heavy (non-hydrogen) atoms. The molecule has 2 heterocycles. The summed E-state index contributed by atoms with van der Waals surface area (Å²) in [6.45, 7) is 2.03. The van der Waals surface area contributed by atoms with Gasteiger partial charge >= 0.3 is 6.09 Å². The number of carbonyl (C=O) groups is 3. The third-order valence-electron chi connectivity index (χ3n) is 11.4. The molecule has 6 aromatic rings. The minimum Gasteiger partial charge on any atom is -0.506 e. The number of hydrogen-bond acceptors (Lipinski definition) is 8. The van der Waals surface area contributed by atoms with Crippen molar-refractivity contribution in [3.05, 3.63) is 154 Å². The van der Waals surface area contributed by atoms with Crippen molar-refractivity contribution in [3.8, 4) is 16.9 Å². The molecule has 7 rings (SSSR count). The normalized spacial score (nSPS) is 13.6. The molecule has 320 valence electrons. The Hall–Kier alpha value is -6.76. The number of pyridine rings is 1. The number of aromatic hydroxyl groups is 1. The molecule has 5 aromatic carbocycles. The van der Waals surface area contributed by atoms with Gasteiger partial charge in [0.25, 0.3) is 0 Å². The van der Waals surface area contributed by atoms with E-state index >= 15 is 0 Å². The zero-order valence-electron chi connectivity index (χ0n) is 34.9. The van der Waals surface area contributed by atoms with Crippen LogP contribution in [-0.4, -0.2) is 70.8 Å². The van der Waals surface area contributed by atoms with Crippen LogP contribution in [0.25, 0.3) is 22.0 Å². The van der Waals surface area contributed by atoms with E-state index in [1.165, 1.54) is 12.1 Å². The van der Waals surface area contributed by atoms with E-state index in [0.29, 0.717) is 65.8 Å². The number of phenols is 1. The third-order valence-corrected chi connectivity index (χ3v) is 11.4. The Morgan fingerprint density at radius 3 is 2.37 bits per heavy atom. The first kappa shape index (κ1) is 43.3. The molecule has 1 aliphatic rings. The molecule has 1 saturated heterocycles. The number of piperidine rings is 1. The number of aliphatic hydroxyl groups excluding tert-OH is 1. The number of nitrogens with one attached hydrogen (secondary N) is 3. The number of anilines is 3. The topological polar surface area (TPSA) is 164 Å². The highest BCUT2D eigenvalue weighted by molar-refractivity contribution is 5.96. The zero-order valence-corrected chi connectivity index (χ0v) is 34.9. The van der Waals surface area contributed by atoms with Gasteiger partial charge in [-0.1, -0.05) is 91.3 Å². The third kappa shape index (κ3) is 11.5. The lowest BCUT2D eigenvalue weighted by Crippen LogP contribution is -2.40. The Kier molecular flexibility index (Phi) is 14.4. The number of phenolic OH excluding ortho intramolecular Hbond substituents is 1. The minimum atomic E-state index is -0.730. The Morgan fingerprint density at radius 1 is 0.839 bits per heavy atom. The molecule has 1 fully saturated rings. The second-order valence-electron chi connectivity index (χ2n) is 15.8. The van der Waals surface area contributed by atoms with Gasteiger partial charge in [-0.2, -0.15) is 0 Å². The number of aliphatic hydroxyl groups is 1. The van der Waals surface area contributed by atoms with Crippen molar-refractivity contribution in [2.75, 3.05) is 42.2 Å². The number of H-pyrrole nitrogens is 1. The van der Waals surface area contributed by atoms with Crippen LogP contribution in [0.5, 0.6) is 5.75 Å². The number of rotatable bonds is 16. The van der Waals surface area contributed by atoms with Gasteiger partial charge in [-0.15, -0.1) is 0 Å². The molecule has 3 amide bonds. The smallest absolute Gasteiger partial charge is 0.411 e. The first-order chi connectivity index (χ1) is 30.1. The van der Waals surface area contributed by atoms with E-state index in [0.717, 1.165) is 54.6 Å². The molecule has 0 bridgehead atoms. The molecule has 0 radical (unpaired) electrons. The molecule has 0 spiro atoms. The van der Waals surface area contributed by atoms with Gasteiger partial charge in [-0.3, -0.25) is 19.7 Å². The summed E-state index contributed by atoms with van der Waals surface area (Å²) in [7, 11) is 1.74. The monoisotopic (exact) mass is 835 g/mol. The van der Waals surface area contributed by atoms with Crippen LogP contribution >= 0.6 is 0 Å². The van der Waals surface area contributed by atoms with Crippen LogP contribution in [0.1, 0.15) is 61.3 Å². The fourth-order valence-electron chi connectivity index (χ4n) is 7.95. The summed E-state index contributed by atoms with van der Waals surface area (Å²) in [5.41, 5.74) is 6.62. The fraction of sp³-hybridized carbons (Fsp3) is 0.280. The number of likely N-dealkylation sites (tertiary alicyclic amines) is 1. The van der Waals surface area contributed by atoms with E-state index in [2.05, 4.69) is 20.5 Å². The maximum atomic E-state index is 13.2. The molecule has 1 atom stereocenters. The van der Waals surface area contributed by atoms with Crippen LogP contribution in [0.4, 0.5) is 21.9 Å². The van der Waals surface area contributed by atoms with Crippen LogP contribution in [0.2, 0.25) is 0 Å². The van der Waals surface area contributed by atoms with E-state index in [1.807, 2.05) is 91.0 Å². The summed E-state index contributed by atoms with van der Waals surface area (Å²) in [6.07, 6.45) is 3.49. The number of aryl methyl sites for hydroxylation is 1. The number of benzene rings is 5. The lowest BCUT2D eigenvalue weighted by atomic mass is 9.97. The summed E-state index contributed by atoms with van der Waals surface area (Å²) >= 11 is 0. The van der Waals surface area contributed by atoms with Crippen molar-refractivity contribution >= 4 is 45.9 Å². The summed E-state index contributed by atoms with van der Waals surface area (Å²) in [4.78, 5) is 57.3. The molecular weight excluding hydrogens is 783 g/mol. The molecule has 5 N–H and O–H groups in total. The summed E-state index contributed by atoms with van der Waals surface area (Å²) in [6, 6.07) is 39.0. The number of hydrogen-bond donors (Lipinski definition) is 5. The molecule has 0 aliphatic carbocycles. The predicted octanol–water partition coefficient (Wildman–Crippen LogP) is 8.59. The van der Waals surface area contributed by atoms with E-state index in [1.54, 1.807) is 36.2 Å². The van der Waals surface area contributed by atoms with Gasteiger partial charge in [0.2, 0.25) is 17.4 Å². The number of ether oxygens (including phenoxy) is 1. The van der Waals surface area contributed by atoms with Crippen molar-refractivity contribution in [1.29, 1.82) is 0 Å². The number of unbranched alkanes of at least 4 members (excludes halogenated alkanes) is 1. The second-order valence-corrected chi connectivity index (χ2v) is 15.8. The molecule has 1 aliphatic heterocycles. The predicted molar refractivity (Wildman–Crippen MR) is 243 cm³/mol. The molecule has 0 saturated carbocycles. The van der Waals surface area contributed by atoms with E-state index < -0.39 is 12.2 Å². The number of fused-ring (bicyclic) bond motifs is 1. The molecule has 12 heteroatoms. The van der Waals surface area contributed by atoms with E-state index in [-0.39, 0.29) is 35.6 Å².